The Morgan fingerprint density at radius 2 is 2.24 bits per heavy atom. The fourth-order valence-electron chi connectivity index (χ4n) is 3.13. The lowest BCUT2D eigenvalue weighted by Gasteiger charge is -2.25. The van der Waals surface area contributed by atoms with Crippen molar-refractivity contribution in [1.29, 1.82) is 0 Å². The molecular weight excluding hydrogens is 263 g/mol. The van der Waals surface area contributed by atoms with Gasteiger partial charge in [-0.05, 0) is 74.0 Å². The topological polar surface area (TPSA) is 24.9 Å². The molecule has 1 aliphatic carbocycles. The molecular formula is C18H21FN2. The van der Waals surface area contributed by atoms with E-state index in [2.05, 4.69) is 16.4 Å². The number of hydrogen-bond acceptors (Lipinski definition) is 2. The van der Waals surface area contributed by atoms with E-state index in [9.17, 15) is 4.39 Å². The molecule has 21 heavy (non-hydrogen) atoms. The molecule has 3 rings (SSSR count). The van der Waals surface area contributed by atoms with E-state index in [1.807, 2.05) is 25.3 Å². The van der Waals surface area contributed by atoms with Crippen LogP contribution < -0.4 is 5.32 Å². The molecule has 1 atom stereocenters. The minimum absolute atomic E-state index is 0.158. The van der Waals surface area contributed by atoms with Crippen molar-refractivity contribution in [2.75, 3.05) is 6.54 Å². The second-order valence-corrected chi connectivity index (χ2v) is 5.77. The Bertz CT molecular complexity index is 624. The fraction of sp³-hybridized carbons (Fsp3) is 0.389. The number of benzene rings is 1. The van der Waals surface area contributed by atoms with E-state index in [1.165, 1.54) is 23.2 Å². The number of aryl methyl sites for hydroxylation is 2. The maximum atomic E-state index is 13.1. The lowest BCUT2D eigenvalue weighted by Crippen LogP contribution is -2.28. The molecule has 1 aliphatic rings. The molecule has 1 unspecified atom stereocenters. The van der Waals surface area contributed by atoms with E-state index < -0.39 is 0 Å². The number of fused-ring (bicyclic) bond motifs is 1. The Morgan fingerprint density at radius 1 is 1.33 bits per heavy atom. The number of halogens is 1. The van der Waals surface area contributed by atoms with Crippen molar-refractivity contribution >= 4 is 0 Å². The molecule has 2 nitrogen and oxygen atoms in total. The zero-order valence-corrected chi connectivity index (χ0v) is 12.4. The summed E-state index contributed by atoms with van der Waals surface area (Å²) in [5.74, 6) is -0.158. The number of aromatic nitrogens is 1. The van der Waals surface area contributed by atoms with Crippen molar-refractivity contribution < 1.29 is 4.39 Å². The van der Waals surface area contributed by atoms with E-state index >= 15 is 0 Å². The first kappa shape index (κ1) is 14.2. The maximum absolute atomic E-state index is 13.1. The molecule has 3 heteroatoms. The highest BCUT2D eigenvalue weighted by atomic mass is 19.1. The van der Waals surface area contributed by atoms with Crippen molar-refractivity contribution in [1.82, 2.24) is 10.3 Å². The Balaban J connectivity index is 1.61. The predicted molar refractivity (Wildman–Crippen MR) is 82.8 cm³/mol. The Kier molecular flexibility index (Phi) is 4.30. The summed E-state index contributed by atoms with van der Waals surface area (Å²) in [7, 11) is 0. The first-order chi connectivity index (χ1) is 10.2. The molecule has 1 heterocycles. The monoisotopic (exact) mass is 284 g/mol. The molecule has 0 saturated carbocycles. The van der Waals surface area contributed by atoms with Crippen LogP contribution in [0.2, 0.25) is 0 Å². The van der Waals surface area contributed by atoms with Crippen LogP contribution in [0.15, 0.2) is 36.5 Å². The molecule has 0 saturated heterocycles. The smallest absolute Gasteiger partial charge is 0.123 e. The van der Waals surface area contributed by atoms with E-state index in [0.29, 0.717) is 6.04 Å². The normalized spacial score (nSPS) is 17.5. The highest BCUT2D eigenvalue weighted by molar-refractivity contribution is 5.27. The third-order valence-electron chi connectivity index (χ3n) is 4.28. The second-order valence-electron chi connectivity index (χ2n) is 5.77. The van der Waals surface area contributed by atoms with Gasteiger partial charge in [0.1, 0.15) is 5.82 Å². The van der Waals surface area contributed by atoms with E-state index in [0.717, 1.165) is 31.4 Å². The van der Waals surface area contributed by atoms with Crippen molar-refractivity contribution in [3.63, 3.8) is 0 Å². The van der Waals surface area contributed by atoms with Crippen molar-refractivity contribution in [3.05, 3.63) is 64.7 Å². The first-order valence-corrected chi connectivity index (χ1v) is 7.66. The lowest BCUT2D eigenvalue weighted by atomic mass is 9.92. The molecule has 0 radical (unpaired) electrons. The van der Waals surface area contributed by atoms with Gasteiger partial charge in [-0.3, -0.25) is 4.98 Å². The average Bonchev–Trinajstić information content (AvgIpc) is 2.50. The van der Waals surface area contributed by atoms with Crippen molar-refractivity contribution in [3.8, 4) is 0 Å². The Hall–Kier alpha value is -1.74. The summed E-state index contributed by atoms with van der Waals surface area (Å²) in [6.07, 6.45) is 6.30. The average molecular weight is 284 g/mol. The quantitative estimate of drug-likeness (QED) is 0.925. The summed E-state index contributed by atoms with van der Waals surface area (Å²) < 4.78 is 13.1. The van der Waals surface area contributed by atoms with Crippen LogP contribution in [0, 0.1) is 12.7 Å². The maximum Gasteiger partial charge on any atom is 0.123 e. The number of nitrogens with zero attached hydrogens (tertiary/aromatic N) is 1. The molecule has 1 N–H and O–H groups in total. The van der Waals surface area contributed by atoms with Gasteiger partial charge in [-0.25, -0.2) is 4.39 Å². The van der Waals surface area contributed by atoms with Gasteiger partial charge in [0, 0.05) is 12.2 Å². The minimum Gasteiger partial charge on any atom is -0.308 e. The largest absolute Gasteiger partial charge is 0.308 e. The third-order valence-corrected chi connectivity index (χ3v) is 4.28. The van der Waals surface area contributed by atoms with Gasteiger partial charge in [0.15, 0.2) is 0 Å². The van der Waals surface area contributed by atoms with E-state index in [1.54, 1.807) is 12.1 Å². The first-order valence-electron chi connectivity index (χ1n) is 7.66. The Labute approximate surface area is 125 Å². The summed E-state index contributed by atoms with van der Waals surface area (Å²) in [4.78, 5) is 4.54. The van der Waals surface area contributed by atoms with Crippen molar-refractivity contribution in [2.45, 2.75) is 38.6 Å². The van der Waals surface area contributed by atoms with Crippen LogP contribution in [0.5, 0.6) is 0 Å². The fourth-order valence-corrected chi connectivity index (χ4v) is 3.13. The van der Waals surface area contributed by atoms with E-state index in [4.69, 9.17) is 0 Å². The van der Waals surface area contributed by atoms with Gasteiger partial charge in [-0.2, -0.15) is 0 Å². The SMILES string of the molecule is Cc1cc(F)ccc1CCNC1CCCc2cccnc21. The zero-order valence-electron chi connectivity index (χ0n) is 12.4. The standard InChI is InChI=1S/C18H21FN2/c1-13-12-16(19)8-7-14(13)9-11-20-17-6-2-4-15-5-3-10-21-18(15)17/h3,5,7-8,10,12,17,20H,2,4,6,9,11H2,1H3. The van der Waals surface area contributed by atoms with Crippen LogP contribution in [0.3, 0.4) is 0 Å². The number of hydrogen-bond donors (Lipinski definition) is 1. The summed E-state index contributed by atoms with van der Waals surface area (Å²) in [5, 5.41) is 3.61. The second kappa shape index (κ2) is 6.35. The highest BCUT2D eigenvalue weighted by Crippen LogP contribution is 2.27. The molecule has 0 spiro atoms. The van der Waals surface area contributed by atoms with Gasteiger partial charge in [-0.15, -0.1) is 0 Å². The van der Waals surface area contributed by atoms with Crippen LogP contribution in [-0.4, -0.2) is 11.5 Å². The Morgan fingerprint density at radius 3 is 3.10 bits per heavy atom. The van der Waals surface area contributed by atoms with Gasteiger partial charge >= 0.3 is 0 Å². The van der Waals surface area contributed by atoms with Gasteiger partial charge < -0.3 is 5.32 Å². The molecule has 110 valence electrons. The number of pyridine rings is 1. The van der Waals surface area contributed by atoms with Crippen LogP contribution in [0.25, 0.3) is 0 Å². The highest BCUT2D eigenvalue weighted by Gasteiger charge is 2.20. The summed E-state index contributed by atoms with van der Waals surface area (Å²) in [5.41, 5.74) is 4.82. The number of nitrogens with one attached hydrogen (secondary N) is 1. The third kappa shape index (κ3) is 3.30. The molecule has 0 aliphatic heterocycles. The van der Waals surface area contributed by atoms with Crippen molar-refractivity contribution in [2.24, 2.45) is 0 Å². The predicted octanol–water partition coefficient (Wildman–Crippen LogP) is 3.74. The van der Waals surface area contributed by atoms with Crippen LogP contribution in [-0.2, 0) is 12.8 Å². The molecule has 1 aromatic carbocycles. The van der Waals surface area contributed by atoms with Crippen LogP contribution in [0.1, 0.15) is 41.3 Å². The molecule has 2 aromatic rings. The zero-order chi connectivity index (χ0) is 14.7. The molecule has 0 fully saturated rings. The summed E-state index contributed by atoms with van der Waals surface area (Å²) in [6, 6.07) is 9.59. The van der Waals surface area contributed by atoms with Gasteiger partial charge in [-0.1, -0.05) is 12.1 Å². The van der Waals surface area contributed by atoms with Gasteiger partial charge in [0.05, 0.1) is 5.69 Å². The van der Waals surface area contributed by atoms with Crippen LogP contribution >= 0.6 is 0 Å². The van der Waals surface area contributed by atoms with Crippen LogP contribution in [0.4, 0.5) is 4.39 Å². The lowest BCUT2D eigenvalue weighted by molar-refractivity contribution is 0.451. The molecule has 1 aromatic heterocycles. The molecule has 0 bridgehead atoms. The summed E-state index contributed by atoms with van der Waals surface area (Å²) >= 11 is 0. The minimum atomic E-state index is -0.158. The van der Waals surface area contributed by atoms with Gasteiger partial charge in [0.25, 0.3) is 0 Å². The van der Waals surface area contributed by atoms with Gasteiger partial charge in [0.2, 0.25) is 0 Å². The summed E-state index contributed by atoms with van der Waals surface area (Å²) in [6.45, 7) is 2.86. The molecule has 0 amide bonds. The number of rotatable bonds is 4. The van der Waals surface area contributed by atoms with E-state index in [-0.39, 0.29) is 5.82 Å².